The largest absolute Gasteiger partial charge is 0.426 e. The van der Waals surface area contributed by atoms with Crippen LogP contribution in [0, 0.1) is 5.92 Å². The summed E-state index contributed by atoms with van der Waals surface area (Å²) in [6.07, 6.45) is 5.81. The molecule has 4 nitrogen and oxygen atoms in total. The smallest absolute Gasteiger partial charge is 0.308 e. The quantitative estimate of drug-likeness (QED) is 0.292. The zero-order valence-electron chi connectivity index (χ0n) is 17.4. The Morgan fingerprint density at radius 3 is 2.39 bits per heavy atom. The predicted octanol–water partition coefficient (Wildman–Crippen LogP) is 6.27. The van der Waals surface area contributed by atoms with E-state index in [-0.39, 0.29) is 11.8 Å². The molecule has 2 unspecified atom stereocenters. The van der Waals surface area contributed by atoms with Crippen LogP contribution in [-0.4, -0.2) is 11.9 Å². The van der Waals surface area contributed by atoms with Crippen LogP contribution in [0.25, 0.3) is 0 Å². The Morgan fingerprint density at radius 2 is 1.86 bits per heavy atom. The number of rotatable bonds is 6. The molecule has 0 fully saturated rings. The fraction of sp³-hybridized carbons (Fsp3) is 0.478. The zero-order valence-corrected chi connectivity index (χ0v) is 18.9. The molecule has 0 amide bonds. The molecule has 0 bridgehead atoms. The van der Waals surface area contributed by atoms with Gasteiger partial charge in [0.1, 0.15) is 5.75 Å². The minimum absolute atomic E-state index is 0.0815. The molecular formula is C23H29BrO4. The van der Waals surface area contributed by atoms with Gasteiger partial charge in [-0.05, 0) is 66.6 Å². The first kappa shape index (κ1) is 22.4. The lowest BCUT2D eigenvalue weighted by atomic mass is 9.73. The lowest BCUT2D eigenvalue weighted by Gasteiger charge is -2.33. The van der Waals surface area contributed by atoms with E-state index in [1.807, 2.05) is 13.0 Å². The van der Waals surface area contributed by atoms with Crippen LogP contribution >= 0.6 is 15.9 Å². The minimum atomic E-state index is -0.409. The topological polar surface area (TPSA) is 52.6 Å². The number of ether oxygens (including phenoxy) is 2. The Balaban J connectivity index is 2.81. The minimum Gasteiger partial charge on any atom is -0.426 e. The van der Waals surface area contributed by atoms with Crippen LogP contribution in [0.5, 0.6) is 11.5 Å². The molecule has 0 aliphatic heterocycles. The van der Waals surface area contributed by atoms with Gasteiger partial charge < -0.3 is 9.47 Å². The third-order valence-electron chi connectivity index (χ3n) is 5.03. The standard InChI is InChI=1S/C23H29BrO4/c1-7-8-17-12-20(27-15(5)25)21(23(22(17)24)28-16(6)26)19-11-14(4)9-10-18(19)13(2)3/h11-12,18-19H,2,7-10H2,1,3-6H3. The highest BCUT2D eigenvalue weighted by Crippen LogP contribution is 2.50. The van der Waals surface area contributed by atoms with Crippen molar-refractivity contribution in [2.45, 2.75) is 66.2 Å². The Kier molecular flexibility index (Phi) is 7.64. The van der Waals surface area contributed by atoms with Crippen LogP contribution in [0.15, 0.2) is 34.3 Å². The SMILES string of the molecule is C=C(C)C1CCC(C)=CC1c1c(OC(C)=O)cc(CCC)c(Br)c1OC(C)=O. The van der Waals surface area contributed by atoms with Crippen LogP contribution in [0.3, 0.4) is 0 Å². The van der Waals surface area contributed by atoms with E-state index >= 15 is 0 Å². The fourth-order valence-electron chi connectivity index (χ4n) is 3.83. The number of hydrogen-bond acceptors (Lipinski definition) is 4. The molecule has 152 valence electrons. The highest BCUT2D eigenvalue weighted by molar-refractivity contribution is 9.10. The molecule has 0 N–H and O–H groups in total. The van der Waals surface area contributed by atoms with Gasteiger partial charge in [0, 0.05) is 25.3 Å². The van der Waals surface area contributed by atoms with Crippen molar-refractivity contribution < 1.29 is 19.1 Å². The summed E-state index contributed by atoms with van der Waals surface area (Å²) in [5, 5.41) is 0. The molecule has 28 heavy (non-hydrogen) atoms. The van der Waals surface area contributed by atoms with E-state index in [4.69, 9.17) is 9.47 Å². The van der Waals surface area contributed by atoms with Crippen LogP contribution in [0.1, 0.15) is 70.9 Å². The van der Waals surface area contributed by atoms with Crippen LogP contribution < -0.4 is 9.47 Å². The first-order valence-electron chi connectivity index (χ1n) is 9.70. The van der Waals surface area contributed by atoms with E-state index in [1.54, 1.807) is 0 Å². The second-order valence-corrected chi connectivity index (χ2v) is 8.35. The molecule has 2 rings (SSSR count). The number of carbonyl (C=O) groups is 2. The number of aryl methyl sites for hydroxylation is 1. The van der Waals surface area contributed by atoms with E-state index in [0.717, 1.165) is 46.9 Å². The highest BCUT2D eigenvalue weighted by Gasteiger charge is 2.33. The number of hydrogen-bond donors (Lipinski definition) is 0. The Morgan fingerprint density at radius 1 is 1.21 bits per heavy atom. The molecule has 5 heteroatoms. The monoisotopic (exact) mass is 448 g/mol. The number of halogens is 1. The highest BCUT2D eigenvalue weighted by atomic mass is 79.9. The van der Waals surface area contributed by atoms with E-state index in [0.29, 0.717) is 11.5 Å². The number of carbonyl (C=O) groups excluding carboxylic acids is 2. The van der Waals surface area contributed by atoms with Crippen molar-refractivity contribution in [2.75, 3.05) is 0 Å². The summed E-state index contributed by atoms with van der Waals surface area (Å²) < 4.78 is 12.0. The second kappa shape index (κ2) is 9.55. The van der Waals surface area contributed by atoms with Crippen LogP contribution in [0.2, 0.25) is 0 Å². The van der Waals surface area contributed by atoms with E-state index in [9.17, 15) is 9.59 Å². The first-order chi connectivity index (χ1) is 13.1. The van der Waals surface area contributed by atoms with Gasteiger partial charge in [0.15, 0.2) is 5.75 Å². The average molecular weight is 449 g/mol. The Bertz CT molecular complexity index is 822. The van der Waals surface area contributed by atoms with E-state index in [2.05, 4.69) is 42.4 Å². The molecule has 2 atom stereocenters. The lowest BCUT2D eigenvalue weighted by Crippen LogP contribution is -2.20. The van der Waals surface area contributed by atoms with Crippen molar-refractivity contribution in [2.24, 2.45) is 5.92 Å². The number of allylic oxidation sites excluding steroid dienone is 3. The summed E-state index contributed by atoms with van der Waals surface area (Å²) in [6, 6.07) is 1.89. The van der Waals surface area contributed by atoms with Gasteiger partial charge in [0.2, 0.25) is 0 Å². The van der Waals surface area contributed by atoms with Gasteiger partial charge in [-0.2, -0.15) is 0 Å². The maximum absolute atomic E-state index is 11.9. The predicted molar refractivity (Wildman–Crippen MR) is 115 cm³/mol. The van der Waals surface area contributed by atoms with Crippen LogP contribution in [0.4, 0.5) is 0 Å². The Hall–Kier alpha value is -1.88. The van der Waals surface area contributed by atoms with Gasteiger partial charge in [-0.25, -0.2) is 0 Å². The summed E-state index contributed by atoms with van der Waals surface area (Å²) in [6.45, 7) is 13.1. The molecule has 0 aromatic heterocycles. The summed E-state index contributed by atoms with van der Waals surface area (Å²) in [5.41, 5.74) is 4.00. The summed E-state index contributed by atoms with van der Waals surface area (Å²) in [5.74, 6) is 0.184. The maximum atomic E-state index is 11.9. The molecule has 0 radical (unpaired) electrons. The second-order valence-electron chi connectivity index (χ2n) is 7.56. The molecule has 0 saturated carbocycles. The zero-order chi connectivity index (χ0) is 21.0. The summed E-state index contributed by atoms with van der Waals surface area (Å²) in [7, 11) is 0. The first-order valence-corrected chi connectivity index (χ1v) is 10.5. The fourth-order valence-corrected chi connectivity index (χ4v) is 4.44. The Labute approximate surface area is 176 Å². The van der Waals surface area contributed by atoms with Crippen molar-refractivity contribution >= 4 is 27.9 Å². The molecule has 0 heterocycles. The van der Waals surface area contributed by atoms with E-state index < -0.39 is 11.9 Å². The summed E-state index contributed by atoms with van der Waals surface area (Å²) in [4.78, 5) is 23.7. The molecule has 1 aromatic carbocycles. The van der Waals surface area contributed by atoms with E-state index in [1.165, 1.54) is 19.4 Å². The molecule has 1 aliphatic rings. The van der Waals surface area contributed by atoms with Crippen molar-refractivity contribution in [3.05, 3.63) is 45.5 Å². The number of esters is 2. The molecule has 1 aromatic rings. The van der Waals surface area contributed by atoms with Crippen molar-refractivity contribution in [1.82, 2.24) is 0 Å². The molecular weight excluding hydrogens is 420 g/mol. The average Bonchev–Trinajstić information content (AvgIpc) is 2.58. The third kappa shape index (κ3) is 5.13. The van der Waals surface area contributed by atoms with Gasteiger partial charge in [-0.1, -0.05) is 37.1 Å². The van der Waals surface area contributed by atoms with Crippen molar-refractivity contribution in [1.29, 1.82) is 0 Å². The summed E-state index contributed by atoms with van der Waals surface area (Å²) >= 11 is 3.64. The van der Waals surface area contributed by atoms with Gasteiger partial charge in [0.05, 0.1) is 4.47 Å². The maximum Gasteiger partial charge on any atom is 0.308 e. The normalized spacial score (nSPS) is 19.0. The van der Waals surface area contributed by atoms with Crippen LogP contribution in [-0.2, 0) is 16.0 Å². The van der Waals surface area contributed by atoms with Crippen molar-refractivity contribution in [3.8, 4) is 11.5 Å². The third-order valence-corrected chi connectivity index (χ3v) is 5.90. The molecule has 0 spiro atoms. The van der Waals surface area contributed by atoms with Gasteiger partial charge in [-0.15, -0.1) is 0 Å². The van der Waals surface area contributed by atoms with Gasteiger partial charge >= 0.3 is 11.9 Å². The van der Waals surface area contributed by atoms with Gasteiger partial charge in [0.25, 0.3) is 0 Å². The van der Waals surface area contributed by atoms with Crippen molar-refractivity contribution in [3.63, 3.8) is 0 Å². The van der Waals surface area contributed by atoms with Gasteiger partial charge in [-0.3, -0.25) is 9.59 Å². The molecule has 0 saturated heterocycles. The number of benzene rings is 1. The lowest BCUT2D eigenvalue weighted by molar-refractivity contribution is -0.132. The molecule has 1 aliphatic carbocycles.